The summed E-state index contributed by atoms with van der Waals surface area (Å²) in [6, 6.07) is 15.9. The molecular formula is C20H24N4O. The predicted molar refractivity (Wildman–Crippen MR) is 101 cm³/mol. The Bertz CT molecular complexity index is 760. The molecule has 2 N–H and O–H groups in total. The number of nitrogens with zero attached hydrogens (tertiary/aromatic N) is 2. The minimum atomic E-state index is 0.656. The van der Waals surface area contributed by atoms with Crippen LogP contribution in [0.1, 0.15) is 22.3 Å². The fourth-order valence-corrected chi connectivity index (χ4v) is 2.45. The Morgan fingerprint density at radius 2 is 1.84 bits per heavy atom. The summed E-state index contributed by atoms with van der Waals surface area (Å²) in [6.07, 6.45) is 0.883. The fourth-order valence-electron chi connectivity index (χ4n) is 2.45. The molecule has 130 valence electrons. The molecule has 2 aromatic carbocycles. The van der Waals surface area contributed by atoms with Gasteiger partial charge < -0.3 is 15.4 Å². The second-order valence-corrected chi connectivity index (χ2v) is 5.72. The van der Waals surface area contributed by atoms with Gasteiger partial charge in [-0.1, -0.05) is 24.3 Å². The van der Waals surface area contributed by atoms with Crippen molar-refractivity contribution in [3.05, 3.63) is 64.7 Å². The maximum absolute atomic E-state index is 8.82. The van der Waals surface area contributed by atoms with Crippen molar-refractivity contribution in [3.63, 3.8) is 0 Å². The van der Waals surface area contributed by atoms with Crippen molar-refractivity contribution in [2.45, 2.75) is 19.9 Å². The van der Waals surface area contributed by atoms with E-state index in [-0.39, 0.29) is 0 Å². The lowest BCUT2D eigenvalue weighted by atomic mass is 10.1. The van der Waals surface area contributed by atoms with E-state index in [1.807, 2.05) is 31.2 Å². The van der Waals surface area contributed by atoms with Crippen molar-refractivity contribution >= 4 is 5.96 Å². The number of hydrogen-bond donors (Lipinski definition) is 2. The monoisotopic (exact) mass is 336 g/mol. The van der Waals surface area contributed by atoms with Crippen LogP contribution in [0, 0.1) is 18.3 Å². The molecule has 0 heterocycles. The molecular weight excluding hydrogens is 312 g/mol. The number of guanidine groups is 1. The molecule has 25 heavy (non-hydrogen) atoms. The molecule has 0 bridgehead atoms. The molecule has 5 heteroatoms. The Labute approximate surface area is 149 Å². The van der Waals surface area contributed by atoms with Crippen LogP contribution in [0.4, 0.5) is 0 Å². The molecule has 0 saturated carbocycles. The standard InChI is InChI=1S/C20H24N4O/c1-15-4-5-16(12-19(15)25-3)10-11-23-20(22-2)24-14-18-8-6-17(13-21)7-9-18/h4-9,12H,10-11,14H2,1-3H3,(H2,22,23,24). The summed E-state index contributed by atoms with van der Waals surface area (Å²) in [6.45, 7) is 3.47. The van der Waals surface area contributed by atoms with Crippen molar-refractivity contribution in [1.29, 1.82) is 5.26 Å². The van der Waals surface area contributed by atoms with E-state index in [1.165, 1.54) is 5.56 Å². The summed E-state index contributed by atoms with van der Waals surface area (Å²) in [4.78, 5) is 4.23. The first kappa shape index (κ1) is 18.3. The average Bonchev–Trinajstić information content (AvgIpc) is 2.66. The third kappa shape index (κ3) is 5.54. The first-order valence-electron chi connectivity index (χ1n) is 8.23. The maximum atomic E-state index is 8.82. The van der Waals surface area contributed by atoms with Gasteiger partial charge >= 0.3 is 0 Å². The van der Waals surface area contributed by atoms with Crippen molar-refractivity contribution in [2.75, 3.05) is 20.7 Å². The highest BCUT2D eigenvalue weighted by atomic mass is 16.5. The summed E-state index contributed by atoms with van der Waals surface area (Å²) in [5, 5.41) is 15.4. The van der Waals surface area contributed by atoms with Crippen LogP contribution in [0.25, 0.3) is 0 Å². The van der Waals surface area contributed by atoms with Gasteiger partial charge in [0.2, 0.25) is 0 Å². The summed E-state index contributed by atoms with van der Waals surface area (Å²) < 4.78 is 5.36. The molecule has 0 saturated heterocycles. The van der Waals surface area contributed by atoms with Gasteiger partial charge in [-0.2, -0.15) is 5.26 Å². The molecule has 0 aromatic heterocycles. The third-order valence-corrected chi connectivity index (χ3v) is 3.95. The second-order valence-electron chi connectivity index (χ2n) is 5.72. The van der Waals surface area contributed by atoms with E-state index >= 15 is 0 Å². The molecule has 0 aliphatic rings. The van der Waals surface area contributed by atoms with Crippen molar-refractivity contribution in [2.24, 2.45) is 4.99 Å². The minimum Gasteiger partial charge on any atom is -0.496 e. The topological polar surface area (TPSA) is 69.4 Å². The van der Waals surface area contributed by atoms with Crippen molar-refractivity contribution in [1.82, 2.24) is 10.6 Å². The largest absolute Gasteiger partial charge is 0.496 e. The highest BCUT2D eigenvalue weighted by Gasteiger charge is 2.02. The van der Waals surface area contributed by atoms with Crippen LogP contribution in [0.15, 0.2) is 47.5 Å². The second kappa shape index (κ2) is 9.33. The van der Waals surface area contributed by atoms with Gasteiger partial charge in [0.1, 0.15) is 5.75 Å². The Balaban J connectivity index is 1.81. The molecule has 2 aromatic rings. The van der Waals surface area contributed by atoms with Crippen molar-refractivity contribution in [3.8, 4) is 11.8 Å². The Morgan fingerprint density at radius 1 is 1.12 bits per heavy atom. The predicted octanol–water partition coefficient (Wildman–Crippen LogP) is 2.78. The number of aliphatic imine (C=N–C) groups is 1. The number of nitriles is 1. The van der Waals surface area contributed by atoms with Crippen LogP contribution < -0.4 is 15.4 Å². The number of hydrogen-bond acceptors (Lipinski definition) is 3. The number of benzene rings is 2. The Hall–Kier alpha value is -3.00. The molecule has 0 amide bonds. The SMILES string of the molecule is CN=C(NCCc1ccc(C)c(OC)c1)NCc1ccc(C#N)cc1. The Morgan fingerprint density at radius 3 is 2.48 bits per heavy atom. The average molecular weight is 336 g/mol. The maximum Gasteiger partial charge on any atom is 0.191 e. The molecule has 0 unspecified atom stereocenters. The fraction of sp³-hybridized carbons (Fsp3) is 0.300. The number of rotatable bonds is 6. The number of aryl methyl sites for hydroxylation is 1. The van der Waals surface area contributed by atoms with Gasteiger partial charge in [-0.15, -0.1) is 0 Å². The van der Waals surface area contributed by atoms with E-state index in [1.54, 1.807) is 14.2 Å². The summed E-state index contributed by atoms with van der Waals surface area (Å²) >= 11 is 0. The first-order valence-corrected chi connectivity index (χ1v) is 8.23. The highest BCUT2D eigenvalue weighted by molar-refractivity contribution is 5.79. The lowest BCUT2D eigenvalue weighted by Crippen LogP contribution is -2.37. The molecule has 0 spiro atoms. The zero-order chi connectivity index (χ0) is 18.1. The summed E-state index contributed by atoms with van der Waals surface area (Å²) in [5.74, 6) is 1.67. The summed E-state index contributed by atoms with van der Waals surface area (Å²) in [7, 11) is 3.45. The molecule has 5 nitrogen and oxygen atoms in total. The van der Waals surface area contributed by atoms with E-state index in [9.17, 15) is 0 Å². The highest BCUT2D eigenvalue weighted by Crippen LogP contribution is 2.18. The first-order chi connectivity index (χ1) is 12.2. The minimum absolute atomic E-state index is 0.656. The lowest BCUT2D eigenvalue weighted by molar-refractivity contribution is 0.411. The van der Waals surface area contributed by atoms with E-state index in [0.29, 0.717) is 12.1 Å². The van der Waals surface area contributed by atoms with Crippen LogP contribution in [0.5, 0.6) is 5.75 Å². The van der Waals surface area contributed by atoms with Gasteiger partial charge in [0.15, 0.2) is 5.96 Å². The normalized spacial score (nSPS) is 10.9. The van der Waals surface area contributed by atoms with Crippen LogP contribution in [0.3, 0.4) is 0 Å². The molecule has 0 fully saturated rings. The number of methoxy groups -OCH3 is 1. The molecule has 0 aliphatic heterocycles. The van der Waals surface area contributed by atoms with Crippen LogP contribution in [0.2, 0.25) is 0 Å². The molecule has 0 aliphatic carbocycles. The van der Waals surface area contributed by atoms with Crippen LogP contribution in [-0.2, 0) is 13.0 Å². The van der Waals surface area contributed by atoms with E-state index < -0.39 is 0 Å². The van der Waals surface area contributed by atoms with Crippen LogP contribution in [-0.4, -0.2) is 26.7 Å². The van der Waals surface area contributed by atoms with Gasteiger partial charge in [-0.3, -0.25) is 4.99 Å². The number of nitrogens with one attached hydrogen (secondary N) is 2. The van der Waals surface area contributed by atoms with E-state index in [4.69, 9.17) is 10.00 Å². The van der Waals surface area contributed by atoms with Gasteiger partial charge in [0.05, 0.1) is 18.7 Å². The zero-order valence-electron chi connectivity index (χ0n) is 15.0. The smallest absolute Gasteiger partial charge is 0.191 e. The third-order valence-electron chi connectivity index (χ3n) is 3.95. The zero-order valence-corrected chi connectivity index (χ0v) is 15.0. The van der Waals surface area contributed by atoms with E-state index in [0.717, 1.165) is 35.8 Å². The lowest BCUT2D eigenvalue weighted by Gasteiger charge is -2.13. The van der Waals surface area contributed by atoms with Gasteiger partial charge in [0, 0.05) is 20.1 Å². The van der Waals surface area contributed by atoms with Gasteiger partial charge in [-0.25, -0.2) is 0 Å². The van der Waals surface area contributed by atoms with E-state index in [2.05, 4.69) is 39.9 Å². The molecule has 0 radical (unpaired) electrons. The molecule has 0 atom stereocenters. The van der Waals surface area contributed by atoms with Crippen molar-refractivity contribution < 1.29 is 4.74 Å². The van der Waals surface area contributed by atoms with Gasteiger partial charge in [0.25, 0.3) is 0 Å². The van der Waals surface area contributed by atoms with Crippen LogP contribution >= 0.6 is 0 Å². The quantitative estimate of drug-likeness (QED) is 0.629. The van der Waals surface area contributed by atoms with Gasteiger partial charge in [-0.05, 0) is 48.2 Å². The summed E-state index contributed by atoms with van der Waals surface area (Å²) in [5.41, 5.74) is 4.13. The number of ether oxygens (including phenoxy) is 1. The molecule has 2 rings (SSSR count). The Kier molecular flexibility index (Phi) is 6.85.